The van der Waals surface area contributed by atoms with Gasteiger partial charge in [-0.05, 0) is 19.3 Å². The molecule has 0 amide bonds. The third-order valence-electron chi connectivity index (χ3n) is 2.91. The Morgan fingerprint density at radius 1 is 0.818 bits per heavy atom. The molecule has 0 aliphatic rings. The van der Waals surface area contributed by atoms with Crippen molar-refractivity contribution in [2.45, 2.75) is 72.2 Å². The molecule has 0 heterocycles. The summed E-state index contributed by atoms with van der Waals surface area (Å²) >= 11 is 0. The van der Waals surface area contributed by atoms with E-state index in [-0.39, 0.29) is 38.8 Å². The van der Waals surface area contributed by atoms with Crippen LogP contribution in [0.4, 0.5) is 0 Å². The standard InChI is InChI=1S/C16H32O5.Zr/c1-5-8-11-19-16(14-18-15(4)17,20-12-9-6-2)21-13-10-7-3;/h5-14H2,1-4H3;. The number of carbonyl (C=O) groups is 1. The van der Waals surface area contributed by atoms with E-state index < -0.39 is 5.97 Å². The average molecular weight is 396 g/mol. The summed E-state index contributed by atoms with van der Waals surface area (Å²) in [5.41, 5.74) is 0. The van der Waals surface area contributed by atoms with Crippen LogP contribution in [0.3, 0.4) is 0 Å². The van der Waals surface area contributed by atoms with E-state index in [2.05, 4.69) is 20.8 Å². The molecule has 0 fully saturated rings. The predicted octanol–water partition coefficient (Wildman–Crippen LogP) is 3.65. The van der Waals surface area contributed by atoms with Crippen molar-refractivity contribution in [3.63, 3.8) is 0 Å². The topological polar surface area (TPSA) is 54.0 Å². The number of unbranched alkanes of at least 4 members (excludes halogenated alkanes) is 3. The van der Waals surface area contributed by atoms with Crippen molar-refractivity contribution in [2.75, 3.05) is 26.4 Å². The zero-order chi connectivity index (χ0) is 16.0. The van der Waals surface area contributed by atoms with Crippen LogP contribution in [0.25, 0.3) is 0 Å². The van der Waals surface area contributed by atoms with Crippen LogP contribution in [-0.2, 0) is 49.9 Å². The van der Waals surface area contributed by atoms with Crippen LogP contribution in [0, 0.1) is 0 Å². The van der Waals surface area contributed by atoms with E-state index in [1.807, 2.05) is 0 Å². The van der Waals surface area contributed by atoms with Gasteiger partial charge in [0, 0.05) is 33.1 Å². The summed E-state index contributed by atoms with van der Waals surface area (Å²) in [5.74, 6) is -1.62. The summed E-state index contributed by atoms with van der Waals surface area (Å²) in [6, 6.07) is 0. The van der Waals surface area contributed by atoms with Crippen molar-refractivity contribution < 1.29 is 49.9 Å². The Balaban J connectivity index is 0. The van der Waals surface area contributed by atoms with E-state index in [9.17, 15) is 4.79 Å². The molecular weight excluding hydrogens is 363 g/mol. The summed E-state index contributed by atoms with van der Waals surface area (Å²) in [5, 5.41) is 0. The van der Waals surface area contributed by atoms with E-state index in [1.165, 1.54) is 6.92 Å². The van der Waals surface area contributed by atoms with Gasteiger partial charge in [0.05, 0.1) is 19.8 Å². The predicted molar refractivity (Wildman–Crippen MR) is 81.9 cm³/mol. The monoisotopic (exact) mass is 394 g/mol. The zero-order valence-corrected chi connectivity index (χ0v) is 17.1. The molecule has 6 heteroatoms. The molecule has 0 N–H and O–H groups in total. The van der Waals surface area contributed by atoms with Gasteiger partial charge in [-0.25, -0.2) is 0 Å². The van der Waals surface area contributed by atoms with Gasteiger partial charge < -0.3 is 18.9 Å². The molecule has 0 aliphatic carbocycles. The number of hydrogen-bond donors (Lipinski definition) is 0. The van der Waals surface area contributed by atoms with Crippen molar-refractivity contribution in [3.8, 4) is 0 Å². The van der Waals surface area contributed by atoms with E-state index in [4.69, 9.17) is 18.9 Å². The summed E-state index contributed by atoms with van der Waals surface area (Å²) in [4.78, 5) is 11.1. The summed E-state index contributed by atoms with van der Waals surface area (Å²) in [6.07, 6.45) is 5.80. The van der Waals surface area contributed by atoms with Crippen LogP contribution in [-0.4, -0.2) is 38.4 Å². The fraction of sp³-hybridized carbons (Fsp3) is 0.938. The van der Waals surface area contributed by atoms with Crippen LogP contribution in [0.15, 0.2) is 0 Å². The summed E-state index contributed by atoms with van der Waals surface area (Å²) < 4.78 is 22.5. The van der Waals surface area contributed by atoms with Crippen molar-refractivity contribution in [1.29, 1.82) is 0 Å². The second-order valence-electron chi connectivity index (χ2n) is 5.07. The fourth-order valence-corrected chi connectivity index (χ4v) is 1.56. The van der Waals surface area contributed by atoms with Crippen LogP contribution in [0.1, 0.15) is 66.2 Å². The molecule has 130 valence electrons. The largest absolute Gasteiger partial charge is 0.457 e. The molecule has 0 bridgehead atoms. The molecule has 0 aliphatic heterocycles. The Bertz CT molecular complexity index is 234. The smallest absolute Gasteiger partial charge is 0.319 e. The van der Waals surface area contributed by atoms with Crippen molar-refractivity contribution in [1.82, 2.24) is 0 Å². The number of rotatable bonds is 14. The molecule has 0 spiro atoms. The minimum absolute atomic E-state index is 0. The Labute approximate surface area is 154 Å². The molecule has 22 heavy (non-hydrogen) atoms. The maximum Gasteiger partial charge on any atom is 0.319 e. The van der Waals surface area contributed by atoms with Crippen LogP contribution < -0.4 is 0 Å². The third kappa shape index (κ3) is 12.7. The van der Waals surface area contributed by atoms with Crippen molar-refractivity contribution in [2.24, 2.45) is 0 Å². The normalized spacial score (nSPS) is 11.1. The van der Waals surface area contributed by atoms with Gasteiger partial charge in [-0.1, -0.05) is 40.0 Å². The SMILES string of the molecule is CCCCOC(COC(C)=O)(OCCCC)OCCCC.[Zr]. The van der Waals surface area contributed by atoms with E-state index in [0.717, 1.165) is 38.5 Å². The first-order valence-electron chi connectivity index (χ1n) is 8.15. The van der Waals surface area contributed by atoms with Gasteiger partial charge in [0.2, 0.25) is 0 Å². The zero-order valence-electron chi connectivity index (χ0n) is 14.6. The number of ether oxygens (including phenoxy) is 4. The molecule has 0 radical (unpaired) electrons. The molecular formula is C16H32O5Zr. The maximum absolute atomic E-state index is 11.1. The molecule has 0 aromatic rings. The molecule has 0 rings (SSSR count). The van der Waals surface area contributed by atoms with Gasteiger partial charge in [-0.2, -0.15) is 0 Å². The first-order chi connectivity index (χ1) is 10.1. The van der Waals surface area contributed by atoms with Crippen molar-refractivity contribution >= 4 is 5.97 Å². The molecule has 0 aromatic heterocycles. The Morgan fingerprint density at radius 2 is 1.18 bits per heavy atom. The van der Waals surface area contributed by atoms with E-state index >= 15 is 0 Å². The van der Waals surface area contributed by atoms with Gasteiger partial charge in [-0.15, -0.1) is 0 Å². The average Bonchev–Trinajstić information content (AvgIpc) is 2.46. The number of esters is 1. The number of hydrogen-bond acceptors (Lipinski definition) is 5. The Morgan fingerprint density at radius 3 is 1.45 bits per heavy atom. The fourth-order valence-electron chi connectivity index (χ4n) is 1.56. The van der Waals surface area contributed by atoms with E-state index in [0.29, 0.717) is 19.8 Å². The quantitative estimate of drug-likeness (QED) is 0.255. The van der Waals surface area contributed by atoms with Crippen LogP contribution in [0.5, 0.6) is 0 Å². The molecule has 0 aromatic carbocycles. The second kappa shape index (κ2) is 16.1. The molecule has 0 atom stereocenters. The molecule has 5 nitrogen and oxygen atoms in total. The minimum atomic E-state index is -1.26. The van der Waals surface area contributed by atoms with Crippen molar-refractivity contribution in [3.05, 3.63) is 0 Å². The van der Waals surface area contributed by atoms with Gasteiger partial charge in [0.25, 0.3) is 0 Å². The maximum atomic E-state index is 11.1. The molecule has 0 saturated heterocycles. The molecule has 0 saturated carbocycles. The second-order valence-corrected chi connectivity index (χ2v) is 5.07. The van der Waals surface area contributed by atoms with Crippen LogP contribution >= 0.6 is 0 Å². The summed E-state index contributed by atoms with van der Waals surface area (Å²) in [7, 11) is 0. The first-order valence-corrected chi connectivity index (χ1v) is 8.15. The minimum Gasteiger partial charge on any atom is -0.457 e. The van der Waals surface area contributed by atoms with Crippen LogP contribution in [0.2, 0.25) is 0 Å². The first kappa shape index (κ1) is 24.5. The van der Waals surface area contributed by atoms with Gasteiger partial charge >= 0.3 is 11.9 Å². The van der Waals surface area contributed by atoms with Gasteiger partial charge in [-0.3, -0.25) is 4.79 Å². The van der Waals surface area contributed by atoms with E-state index in [1.54, 1.807) is 0 Å². The van der Waals surface area contributed by atoms with Gasteiger partial charge in [0.1, 0.15) is 0 Å². The number of carbonyl (C=O) groups excluding carboxylic acids is 1. The third-order valence-corrected chi connectivity index (χ3v) is 2.91. The molecule has 0 unspecified atom stereocenters. The Hall–Kier alpha value is 0.233. The van der Waals surface area contributed by atoms with Gasteiger partial charge in [0.15, 0.2) is 6.61 Å². The summed E-state index contributed by atoms with van der Waals surface area (Å²) in [6.45, 7) is 9.18. The Kier molecular flexibility index (Phi) is 17.9.